The van der Waals surface area contributed by atoms with Gasteiger partial charge in [-0.25, -0.2) is 4.98 Å². The predicted molar refractivity (Wildman–Crippen MR) is 111 cm³/mol. The third-order valence-corrected chi connectivity index (χ3v) is 5.54. The molecule has 2 heterocycles. The maximum atomic E-state index is 12.5. The summed E-state index contributed by atoms with van der Waals surface area (Å²) in [6.45, 7) is 7.54. The topological polar surface area (TPSA) is 69.0 Å². The van der Waals surface area contributed by atoms with Gasteiger partial charge in [-0.3, -0.25) is 9.48 Å². The van der Waals surface area contributed by atoms with Crippen LogP contribution in [0.15, 0.2) is 30.3 Å². The van der Waals surface area contributed by atoms with Gasteiger partial charge in [-0.05, 0) is 57.5 Å². The lowest BCUT2D eigenvalue weighted by atomic mass is 10.3. The van der Waals surface area contributed by atoms with Crippen LogP contribution in [-0.4, -0.2) is 27.2 Å². The Balaban J connectivity index is 1.48. The number of carbonyl (C=O) groups is 1. The molecule has 1 amide bonds. The van der Waals surface area contributed by atoms with E-state index in [4.69, 9.17) is 16.3 Å². The minimum atomic E-state index is -0.0962. The van der Waals surface area contributed by atoms with Gasteiger partial charge in [0, 0.05) is 23.8 Å². The fraction of sp³-hybridized carbons (Fsp3) is 0.350. The van der Waals surface area contributed by atoms with Gasteiger partial charge in [0.15, 0.2) is 0 Å². The quantitative estimate of drug-likeness (QED) is 0.553. The molecule has 1 aromatic carbocycles. The van der Waals surface area contributed by atoms with Crippen LogP contribution in [0.5, 0.6) is 5.75 Å². The zero-order chi connectivity index (χ0) is 20.1. The molecule has 0 radical (unpaired) electrons. The number of nitrogens with zero attached hydrogens (tertiary/aromatic N) is 3. The van der Waals surface area contributed by atoms with Gasteiger partial charge in [0.05, 0.1) is 11.4 Å². The van der Waals surface area contributed by atoms with Crippen molar-refractivity contribution < 1.29 is 9.53 Å². The molecule has 0 aliphatic heterocycles. The molecule has 8 heteroatoms. The summed E-state index contributed by atoms with van der Waals surface area (Å²) in [6, 6.07) is 9.20. The van der Waals surface area contributed by atoms with Crippen molar-refractivity contribution in [3.8, 4) is 5.75 Å². The molecule has 0 saturated carbocycles. The number of amides is 1. The van der Waals surface area contributed by atoms with E-state index in [-0.39, 0.29) is 5.91 Å². The first-order valence-corrected chi connectivity index (χ1v) is 10.3. The van der Waals surface area contributed by atoms with E-state index in [0.29, 0.717) is 28.8 Å². The van der Waals surface area contributed by atoms with E-state index in [1.54, 1.807) is 24.3 Å². The lowest BCUT2D eigenvalue weighted by Gasteiger charge is -2.06. The summed E-state index contributed by atoms with van der Waals surface area (Å²) in [4.78, 5) is 17.5. The van der Waals surface area contributed by atoms with E-state index in [2.05, 4.69) is 15.4 Å². The third kappa shape index (κ3) is 5.33. The number of aryl methyl sites for hydroxylation is 4. The molecule has 6 nitrogen and oxygen atoms in total. The number of hydrogen-bond donors (Lipinski definition) is 1. The Labute approximate surface area is 173 Å². The van der Waals surface area contributed by atoms with Gasteiger partial charge in [0.1, 0.15) is 22.2 Å². The maximum Gasteiger partial charge on any atom is 0.263 e. The molecule has 0 aliphatic rings. The monoisotopic (exact) mass is 418 g/mol. The summed E-state index contributed by atoms with van der Waals surface area (Å²) in [5.74, 6) is 0.619. The smallest absolute Gasteiger partial charge is 0.263 e. The van der Waals surface area contributed by atoms with Crippen molar-refractivity contribution in [3.63, 3.8) is 0 Å². The van der Waals surface area contributed by atoms with E-state index < -0.39 is 0 Å². The molecular weight excluding hydrogens is 396 g/mol. The van der Waals surface area contributed by atoms with E-state index in [1.165, 1.54) is 11.3 Å². The Bertz CT molecular complexity index is 950. The van der Waals surface area contributed by atoms with Crippen molar-refractivity contribution in [2.75, 3.05) is 6.54 Å². The fourth-order valence-corrected chi connectivity index (χ4v) is 3.83. The van der Waals surface area contributed by atoms with Crippen molar-refractivity contribution in [2.24, 2.45) is 0 Å². The molecular formula is C20H23ClN4O2S. The van der Waals surface area contributed by atoms with E-state index in [0.717, 1.165) is 35.1 Å². The number of thiazole rings is 1. The summed E-state index contributed by atoms with van der Waals surface area (Å²) in [5.41, 5.74) is 2.86. The summed E-state index contributed by atoms with van der Waals surface area (Å²) < 4.78 is 7.67. The number of nitrogens with one attached hydrogen (secondary N) is 1. The Morgan fingerprint density at radius 2 is 2.00 bits per heavy atom. The van der Waals surface area contributed by atoms with Crippen molar-refractivity contribution >= 4 is 28.8 Å². The van der Waals surface area contributed by atoms with Gasteiger partial charge in [-0.15, -0.1) is 11.3 Å². The van der Waals surface area contributed by atoms with Crippen LogP contribution in [0.1, 0.15) is 38.2 Å². The Kier molecular flexibility index (Phi) is 6.70. The van der Waals surface area contributed by atoms with Crippen molar-refractivity contribution in [1.29, 1.82) is 0 Å². The first-order chi connectivity index (χ1) is 13.4. The highest BCUT2D eigenvalue weighted by atomic mass is 35.5. The van der Waals surface area contributed by atoms with Crippen LogP contribution in [0.4, 0.5) is 0 Å². The van der Waals surface area contributed by atoms with Crippen molar-refractivity contribution in [3.05, 3.63) is 62.3 Å². The lowest BCUT2D eigenvalue weighted by molar-refractivity contribution is 0.0956. The second kappa shape index (κ2) is 9.21. The van der Waals surface area contributed by atoms with E-state index in [9.17, 15) is 4.79 Å². The van der Waals surface area contributed by atoms with Crippen LogP contribution in [0.25, 0.3) is 0 Å². The fourth-order valence-electron chi connectivity index (χ4n) is 2.81. The molecule has 3 rings (SSSR count). The summed E-state index contributed by atoms with van der Waals surface area (Å²) >= 11 is 7.23. The number of carbonyl (C=O) groups excluding carboxylic acids is 1. The van der Waals surface area contributed by atoms with Crippen molar-refractivity contribution in [1.82, 2.24) is 20.1 Å². The summed E-state index contributed by atoms with van der Waals surface area (Å²) in [7, 11) is 0. The molecule has 0 unspecified atom stereocenters. The molecule has 1 N–H and O–H groups in total. The number of ether oxygens (including phenoxy) is 1. The zero-order valence-corrected chi connectivity index (χ0v) is 17.7. The lowest BCUT2D eigenvalue weighted by Crippen LogP contribution is -2.25. The van der Waals surface area contributed by atoms with Gasteiger partial charge < -0.3 is 10.1 Å². The number of aromatic nitrogens is 3. The summed E-state index contributed by atoms with van der Waals surface area (Å²) in [5, 5.41) is 8.82. The maximum absolute atomic E-state index is 12.5. The molecule has 0 bridgehead atoms. The molecule has 148 valence electrons. The minimum Gasteiger partial charge on any atom is -0.486 e. The Morgan fingerprint density at radius 1 is 1.25 bits per heavy atom. The highest BCUT2D eigenvalue weighted by Gasteiger charge is 2.15. The van der Waals surface area contributed by atoms with Gasteiger partial charge in [-0.2, -0.15) is 5.10 Å². The van der Waals surface area contributed by atoms with Gasteiger partial charge >= 0.3 is 0 Å². The Hall–Kier alpha value is -2.38. The van der Waals surface area contributed by atoms with Crippen molar-refractivity contribution in [2.45, 2.75) is 40.3 Å². The SMILES string of the molecule is Cc1cc(C)n(CCCNC(=O)c2sc(COc3ccc(Cl)cc3)nc2C)n1. The van der Waals surface area contributed by atoms with Crippen LogP contribution in [0, 0.1) is 20.8 Å². The molecule has 0 spiro atoms. The van der Waals surface area contributed by atoms with Crippen LogP contribution in [0.2, 0.25) is 5.02 Å². The highest BCUT2D eigenvalue weighted by Crippen LogP contribution is 2.21. The average Bonchev–Trinajstić information content (AvgIpc) is 3.19. The molecule has 0 fully saturated rings. The molecule has 0 aliphatic carbocycles. The second-order valence-electron chi connectivity index (χ2n) is 6.52. The zero-order valence-electron chi connectivity index (χ0n) is 16.2. The number of benzene rings is 1. The number of hydrogen-bond acceptors (Lipinski definition) is 5. The van der Waals surface area contributed by atoms with Crippen LogP contribution >= 0.6 is 22.9 Å². The van der Waals surface area contributed by atoms with Crippen LogP contribution < -0.4 is 10.1 Å². The highest BCUT2D eigenvalue weighted by molar-refractivity contribution is 7.13. The number of halogens is 1. The van der Waals surface area contributed by atoms with E-state index >= 15 is 0 Å². The van der Waals surface area contributed by atoms with Gasteiger partial charge in [0.2, 0.25) is 0 Å². The van der Waals surface area contributed by atoms with Gasteiger partial charge in [-0.1, -0.05) is 11.6 Å². The molecule has 0 atom stereocenters. The van der Waals surface area contributed by atoms with Gasteiger partial charge in [0.25, 0.3) is 5.91 Å². The molecule has 2 aromatic heterocycles. The Morgan fingerprint density at radius 3 is 2.68 bits per heavy atom. The second-order valence-corrected chi connectivity index (χ2v) is 8.04. The summed E-state index contributed by atoms with van der Waals surface area (Å²) in [6.07, 6.45) is 0.818. The molecule has 0 saturated heterocycles. The van der Waals surface area contributed by atoms with Crippen LogP contribution in [0.3, 0.4) is 0 Å². The minimum absolute atomic E-state index is 0.0962. The van der Waals surface area contributed by atoms with E-state index in [1.807, 2.05) is 31.5 Å². The standard InChI is InChI=1S/C20H23ClN4O2S/c1-13-11-14(2)25(24-13)10-4-9-22-20(26)19-15(3)23-18(28-19)12-27-17-7-5-16(21)6-8-17/h5-8,11H,4,9-10,12H2,1-3H3,(H,22,26). The molecule has 28 heavy (non-hydrogen) atoms. The average molecular weight is 419 g/mol. The molecule has 3 aromatic rings. The largest absolute Gasteiger partial charge is 0.486 e. The predicted octanol–water partition coefficient (Wildman–Crippen LogP) is 4.32. The van der Waals surface area contributed by atoms with Crippen LogP contribution in [-0.2, 0) is 13.2 Å². The normalized spacial score (nSPS) is 10.9. The third-order valence-electron chi connectivity index (χ3n) is 4.16. The number of rotatable bonds is 8. The first kappa shape index (κ1) is 20.4. The first-order valence-electron chi connectivity index (χ1n) is 9.06.